The summed E-state index contributed by atoms with van der Waals surface area (Å²) in [7, 11) is 0. The first-order chi connectivity index (χ1) is 10.8. The first kappa shape index (κ1) is 15.4. The smallest absolute Gasteiger partial charge is 0.164 e. The highest BCUT2D eigenvalue weighted by atomic mass is 32.2. The largest absolute Gasteiger partial charge is 0.350 e. The maximum Gasteiger partial charge on any atom is 0.164 e. The van der Waals surface area contributed by atoms with Crippen LogP contribution in [-0.2, 0) is 0 Å². The molecule has 0 atom stereocenters. The number of amidine groups is 1. The number of hydrogen-bond donors (Lipinski definition) is 0. The van der Waals surface area contributed by atoms with Crippen molar-refractivity contribution in [2.75, 3.05) is 18.8 Å². The van der Waals surface area contributed by atoms with E-state index in [1.807, 2.05) is 36.0 Å². The zero-order valence-electron chi connectivity index (χ0n) is 13.0. The molecule has 3 rings (SSSR count). The van der Waals surface area contributed by atoms with Crippen molar-refractivity contribution in [3.8, 4) is 6.07 Å². The zero-order chi connectivity index (χ0) is 15.2. The number of benzene rings is 1. The standard InChI is InChI=1S/C18H23N3S/c19-13-15-7-9-17(10-8-15)20-18-21(11-12-22-18)14-16-5-3-1-2-4-6-16/h7-10,16H,1-6,11-12,14H2/b20-18-. The van der Waals surface area contributed by atoms with E-state index in [1.54, 1.807) is 0 Å². The Kier molecular flexibility index (Phi) is 5.39. The minimum Gasteiger partial charge on any atom is -0.350 e. The maximum atomic E-state index is 8.86. The molecule has 0 amide bonds. The summed E-state index contributed by atoms with van der Waals surface area (Å²) in [6.45, 7) is 2.29. The second-order valence-electron chi connectivity index (χ2n) is 6.21. The van der Waals surface area contributed by atoms with E-state index in [0.29, 0.717) is 5.56 Å². The monoisotopic (exact) mass is 313 g/mol. The molecule has 116 valence electrons. The third kappa shape index (κ3) is 4.04. The van der Waals surface area contributed by atoms with Crippen molar-refractivity contribution in [1.82, 2.24) is 4.90 Å². The van der Waals surface area contributed by atoms with Gasteiger partial charge in [0.25, 0.3) is 0 Å². The van der Waals surface area contributed by atoms with Crippen LogP contribution in [0.1, 0.15) is 44.1 Å². The Morgan fingerprint density at radius 2 is 1.86 bits per heavy atom. The van der Waals surface area contributed by atoms with Gasteiger partial charge in [-0.05, 0) is 43.0 Å². The molecule has 1 saturated carbocycles. The summed E-state index contributed by atoms with van der Waals surface area (Å²) in [6, 6.07) is 9.71. The molecular weight excluding hydrogens is 290 g/mol. The van der Waals surface area contributed by atoms with Crippen molar-refractivity contribution < 1.29 is 0 Å². The van der Waals surface area contributed by atoms with E-state index in [4.69, 9.17) is 10.3 Å². The molecule has 3 nitrogen and oxygen atoms in total. The average Bonchev–Trinajstić information content (AvgIpc) is 2.82. The lowest BCUT2D eigenvalue weighted by Crippen LogP contribution is -2.30. The van der Waals surface area contributed by atoms with Crippen molar-refractivity contribution in [2.45, 2.75) is 38.5 Å². The highest BCUT2D eigenvalue weighted by molar-refractivity contribution is 8.14. The SMILES string of the molecule is N#Cc1ccc(/N=C2\SCCN2CC2CCCCCC2)cc1. The van der Waals surface area contributed by atoms with Crippen molar-refractivity contribution in [2.24, 2.45) is 10.9 Å². The van der Waals surface area contributed by atoms with Gasteiger partial charge in [0.15, 0.2) is 5.17 Å². The molecule has 0 bridgehead atoms. The van der Waals surface area contributed by atoms with Gasteiger partial charge >= 0.3 is 0 Å². The molecule has 0 unspecified atom stereocenters. The van der Waals surface area contributed by atoms with Crippen molar-refractivity contribution >= 4 is 22.6 Å². The van der Waals surface area contributed by atoms with Gasteiger partial charge in [-0.25, -0.2) is 4.99 Å². The Bertz CT molecular complexity index is 551. The van der Waals surface area contributed by atoms with Crippen molar-refractivity contribution in [3.05, 3.63) is 29.8 Å². The van der Waals surface area contributed by atoms with Gasteiger partial charge in [0, 0.05) is 18.8 Å². The fraction of sp³-hybridized carbons (Fsp3) is 0.556. The highest BCUT2D eigenvalue weighted by Gasteiger charge is 2.23. The molecule has 0 N–H and O–H groups in total. The van der Waals surface area contributed by atoms with Crippen LogP contribution >= 0.6 is 11.8 Å². The van der Waals surface area contributed by atoms with E-state index in [0.717, 1.165) is 29.1 Å². The molecule has 0 aromatic heterocycles. The lowest BCUT2D eigenvalue weighted by molar-refractivity contribution is 0.333. The summed E-state index contributed by atoms with van der Waals surface area (Å²) in [6.07, 6.45) is 8.38. The summed E-state index contributed by atoms with van der Waals surface area (Å²) in [5.74, 6) is 1.98. The molecule has 1 aliphatic heterocycles. The van der Waals surface area contributed by atoms with Gasteiger partial charge in [0.2, 0.25) is 0 Å². The van der Waals surface area contributed by atoms with Crippen LogP contribution in [0.5, 0.6) is 0 Å². The van der Waals surface area contributed by atoms with Gasteiger partial charge in [0.05, 0.1) is 17.3 Å². The fourth-order valence-corrected chi connectivity index (χ4v) is 4.30. The van der Waals surface area contributed by atoms with E-state index in [-0.39, 0.29) is 0 Å². The third-order valence-corrected chi connectivity index (χ3v) is 5.53. The summed E-state index contributed by atoms with van der Waals surface area (Å²) >= 11 is 1.86. The molecule has 1 heterocycles. The number of nitriles is 1. The number of thioether (sulfide) groups is 1. The Morgan fingerprint density at radius 1 is 1.14 bits per heavy atom. The van der Waals surface area contributed by atoms with Gasteiger partial charge in [-0.15, -0.1) is 0 Å². The molecule has 22 heavy (non-hydrogen) atoms. The second-order valence-corrected chi connectivity index (χ2v) is 7.27. The van der Waals surface area contributed by atoms with Gasteiger partial charge < -0.3 is 4.90 Å². The van der Waals surface area contributed by atoms with E-state index < -0.39 is 0 Å². The first-order valence-electron chi connectivity index (χ1n) is 8.32. The van der Waals surface area contributed by atoms with Crippen LogP contribution in [0.15, 0.2) is 29.3 Å². The quantitative estimate of drug-likeness (QED) is 0.768. The number of hydrogen-bond acceptors (Lipinski definition) is 3. The van der Waals surface area contributed by atoms with Gasteiger partial charge in [0.1, 0.15) is 0 Å². The van der Waals surface area contributed by atoms with Crippen LogP contribution in [-0.4, -0.2) is 28.9 Å². The lowest BCUT2D eigenvalue weighted by atomic mass is 10.00. The van der Waals surface area contributed by atoms with Crippen molar-refractivity contribution in [3.63, 3.8) is 0 Å². The van der Waals surface area contributed by atoms with E-state index in [2.05, 4.69) is 11.0 Å². The Morgan fingerprint density at radius 3 is 2.55 bits per heavy atom. The van der Waals surface area contributed by atoms with E-state index in [1.165, 1.54) is 45.1 Å². The molecule has 2 aliphatic rings. The molecule has 1 saturated heterocycles. The minimum atomic E-state index is 0.693. The van der Waals surface area contributed by atoms with Crippen LogP contribution in [0.4, 0.5) is 5.69 Å². The molecule has 1 aromatic carbocycles. The number of aliphatic imine (C=N–C) groups is 1. The number of nitrogens with zero attached hydrogens (tertiary/aromatic N) is 3. The van der Waals surface area contributed by atoms with Crippen LogP contribution in [0, 0.1) is 17.2 Å². The lowest BCUT2D eigenvalue weighted by Gasteiger charge is -2.24. The molecule has 0 radical (unpaired) electrons. The van der Waals surface area contributed by atoms with Gasteiger partial charge in [-0.3, -0.25) is 0 Å². The minimum absolute atomic E-state index is 0.693. The van der Waals surface area contributed by atoms with E-state index >= 15 is 0 Å². The molecular formula is C18H23N3S. The van der Waals surface area contributed by atoms with E-state index in [9.17, 15) is 0 Å². The topological polar surface area (TPSA) is 39.4 Å². The van der Waals surface area contributed by atoms with Crippen LogP contribution in [0.2, 0.25) is 0 Å². The van der Waals surface area contributed by atoms with Gasteiger partial charge in [-0.2, -0.15) is 5.26 Å². The third-order valence-electron chi connectivity index (χ3n) is 4.54. The molecule has 0 spiro atoms. The summed E-state index contributed by atoms with van der Waals surface area (Å²) < 4.78 is 0. The average molecular weight is 313 g/mol. The first-order valence-corrected chi connectivity index (χ1v) is 9.30. The van der Waals surface area contributed by atoms with Gasteiger partial charge in [-0.1, -0.05) is 37.4 Å². The Labute approximate surface area is 137 Å². The van der Waals surface area contributed by atoms with Crippen LogP contribution in [0.25, 0.3) is 0 Å². The Hall–Kier alpha value is -1.47. The normalized spacial score (nSPS) is 21.8. The summed E-state index contributed by atoms with van der Waals surface area (Å²) in [5, 5.41) is 10.0. The molecule has 1 aromatic rings. The predicted octanol–water partition coefficient (Wildman–Crippen LogP) is 4.56. The van der Waals surface area contributed by atoms with Crippen LogP contribution < -0.4 is 0 Å². The zero-order valence-corrected chi connectivity index (χ0v) is 13.8. The van der Waals surface area contributed by atoms with Crippen LogP contribution in [0.3, 0.4) is 0 Å². The maximum absolute atomic E-state index is 8.86. The molecule has 1 aliphatic carbocycles. The Balaban J connectivity index is 1.66. The van der Waals surface area contributed by atoms with Crippen molar-refractivity contribution in [1.29, 1.82) is 5.26 Å². The number of rotatable bonds is 3. The highest BCUT2D eigenvalue weighted by Crippen LogP contribution is 2.28. The molecule has 4 heteroatoms. The molecule has 2 fully saturated rings. The fourth-order valence-electron chi connectivity index (χ4n) is 3.29. The predicted molar refractivity (Wildman–Crippen MR) is 93.5 cm³/mol. The summed E-state index contributed by atoms with van der Waals surface area (Å²) in [4.78, 5) is 7.27. The second kappa shape index (κ2) is 7.69. The summed E-state index contributed by atoms with van der Waals surface area (Å²) in [5.41, 5.74) is 1.65.